The molecule has 7 nitrogen and oxygen atoms in total. The van der Waals surface area contributed by atoms with Gasteiger partial charge in [0.15, 0.2) is 0 Å². The van der Waals surface area contributed by atoms with Gasteiger partial charge in [0.25, 0.3) is 5.91 Å². The van der Waals surface area contributed by atoms with Crippen LogP contribution >= 0.6 is 0 Å². The lowest BCUT2D eigenvalue weighted by Crippen LogP contribution is -2.56. The van der Waals surface area contributed by atoms with Crippen LogP contribution in [0.2, 0.25) is 0 Å². The molecule has 5 rings (SSSR count). The number of hydrogen-bond donors (Lipinski definition) is 0. The fourth-order valence-corrected chi connectivity index (χ4v) is 4.73. The van der Waals surface area contributed by atoms with Crippen LogP contribution in [0.3, 0.4) is 0 Å². The van der Waals surface area contributed by atoms with Gasteiger partial charge in [0.1, 0.15) is 11.6 Å². The zero-order valence-electron chi connectivity index (χ0n) is 19.2. The van der Waals surface area contributed by atoms with Gasteiger partial charge in [-0.2, -0.15) is 0 Å². The third-order valence-corrected chi connectivity index (χ3v) is 6.86. The molecular formula is C26H26FN3O4. The number of carbonyl (C=O) groups is 3. The number of esters is 1. The second kappa shape index (κ2) is 8.68. The fraction of sp³-hybridized carbons (Fsp3) is 0.346. The molecule has 0 N–H and O–H groups in total. The lowest BCUT2D eigenvalue weighted by molar-refractivity contribution is -0.138. The number of cyclic esters (lactones) is 1. The van der Waals surface area contributed by atoms with Crippen LogP contribution in [-0.2, 0) is 9.53 Å². The lowest BCUT2D eigenvalue weighted by Gasteiger charge is -2.40. The van der Waals surface area contributed by atoms with E-state index in [0.29, 0.717) is 35.0 Å². The molecule has 176 valence electrons. The maximum atomic E-state index is 14.5. The first-order valence-corrected chi connectivity index (χ1v) is 11.4. The third kappa shape index (κ3) is 3.98. The molecule has 2 aromatic rings. The molecule has 1 atom stereocenters. The Morgan fingerprint density at radius 3 is 2.50 bits per heavy atom. The van der Waals surface area contributed by atoms with Gasteiger partial charge in [-0.05, 0) is 50.4 Å². The van der Waals surface area contributed by atoms with E-state index >= 15 is 0 Å². The molecule has 0 radical (unpaired) electrons. The number of halogens is 1. The van der Waals surface area contributed by atoms with E-state index in [1.807, 2.05) is 19.0 Å². The molecule has 0 aromatic heterocycles. The van der Waals surface area contributed by atoms with Crippen molar-refractivity contribution >= 4 is 29.6 Å². The summed E-state index contributed by atoms with van der Waals surface area (Å²) in [6, 6.07) is 11.6. The summed E-state index contributed by atoms with van der Waals surface area (Å²) in [4.78, 5) is 43.3. The molecule has 2 aromatic carbocycles. The van der Waals surface area contributed by atoms with Crippen molar-refractivity contribution in [3.63, 3.8) is 0 Å². The number of nitrogens with zero attached hydrogens (tertiary/aromatic N) is 3. The largest absolute Gasteiger partial charge is 0.422 e. The molecule has 8 heteroatoms. The number of rotatable bonds is 4. The van der Waals surface area contributed by atoms with Crippen LogP contribution < -0.4 is 0 Å². The smallest absolute Gasteiger partial charge is 0.344 e. The monoisotopic (exact) mass is 463 g/mol. The second-order valence-electron chi connectivity index (χ2n) is 9.28. The molecule has 3 aliphatic heterocycles. The Morgan fingerprint density at radius 2 is 1.79 bits per heavy atom. The standard InChI is InChI=1S/C26H26FN3O4/c1-28(2)18-9-10-29(15-18)24(31)17-13-30(14-17)25(32)21-11-16(7-8-22(21)27)12-23-19-5-3-4-6-20(19)26(33)34-23/h3-8,11-12,17-18H,9-10,13-15H2,1-2H3/t18-/m0/s1. The van der Waals surface area contributed by atoms with Crippen molar-refractivity contribution < 1.29 is 23.5 Å². The Balaban J connectivity index is 1.27. The first kappa shape index (κ1) is 22.3. The maximum absolute atomic E-state index is 14.5. The number of hydrogen-bond acceptors (Lipinski definition) is 5. The van der Waals surface area contributed by atoms with Gasteiger partial charge >= 0.3 is 5.97 Å². The van der Waals surface area contributed by atoms with E-state index in [0.717, 1.165) is 13.0 Å². The molecule has 0 aliphatic carbocycles. The van der Waals surface area contributed by atoms with Gasteiger partial charge in [0.05, 0.1) is 17.0 Å². The first-order valence-electron chi connectivity index (χ1n) is 11.4. The summed E-state index contributed by atoms with van der Waals surface area (Å²) in [7, 11) is 4.02. The van der Waals surface area contributed by atoms with E-state index in [4.69, 9.17) is 4.74 Å². The predicted molar refractivity (Wildman–Crippen MR) is 124 cm³/mol. The Hall–Kier alpha value is -3.52. The highest BCUT2D eigenvalue weighted by molar-refractivity contribution is 6.06. The number of amides is 2. The average Bonchev–Trinajstić information content (AvgIpc) is 3.40. The van der Waals surface area contributed by atoms with Gasteiger partial charge in [0, 0.05) is 37.8 Å². The van der Waals surface area contributed by atoms with Gasteiger partial charge in [-0.25, -0.2) is 9.18 Å². The summed E-state index contributed by atoms with van der Waals surface area (Å²) in [6.07, 6.45) is 2.57. The molecule has 0 spiro atoms. The molecule has 2 saturated heterocycles. The molecule has 3 heterocycles. The maximum Gasteiger partial charge on any atom is 0.344 e. The highest BCUT2D eigenvalue weighted by Gasteiger charge is 2.40. The van der Waals surface area contributed by atoms with Crippen molar-refractivity contribution in [1.29, 1.82) is 0 Å². The Morgan fingerprint density at radius 1 is 1.06 bits per heavy atom. The number of fused-ring (bicyclic) bond motifs is 1. The minimum Gasteiger partial charge on any atom is -0.422 e. The minimum absolute atomic E-state index is 0.0632. The van der Waals surface area contributed by atoms with Crippen molar-refractivity contribution in [3.8, 4) is 0 Å². The quantitative estimate of drug-likeness (QED) is 0.653. The van der Waals surface area contributed by atoms with E-state index in [1.54, 1.807) is 30.3 Å². The van der Waals surface area contributed by atoms with Gasteiger partial charge in [-0.1, -0.05) is 24.3 Å². The summed E-state index contributed by atoms with van der Waals surface area (Å²) in [5.41, 5.74) is 1.61. The molecule has 34 heavy (non-hydrogen) atoms. The van der Waals surface area contributed by atoms with E-state index in [9.17, 15) is 18.8 Å². The minimum atomic E-state index is -0.626. The van der Waals surface area contributed by atoms with Crippen molar-refractivity contribution in [2.45, 2.75) is 12.5 Å². The van der Waals surface area contributed by atoms with Gasteiger partial charge in [-0.3, -0.25) is 9.59 Å². The van der Waals surface area contributed by atoms with Crippen molar-refractivity contribution in [2.75, 3.05) is 40.3 Å². The molecule has 0 unspecified atom stereocenters. The molecule has 2 fully saturated rings. The molecule has 3 aliphatic rings. The van der Waals surface area contributed by atoms with Crippen LogP contribution in [0.15, 0.2) is 42.5 Å². The van der Waals surface area contributed by atoms with Crippen LogP contribution in [0.25, 0.3) is 11.8 Å². The summed E-state index contributed by atoms with van der Waals surface area (Å²) < 4.78 is 19.9. The van der Waals surface area contributed by atoms with E-state index in [-0.39, 0.29) is 30.5 Å². The zero-order valence-corrected chi connectivity index (χ0v) is 19.2. The number of carbonyl (C=O) groups excluding carboxylic acids is 3. The van der Waals surface area contributed by atoms with Crippen LogP contribution in [0.5, 0.6) is 0 Å². The summed E-state index contributed by atoms with van der Waals surface area (Å²) in [6.45, 7) is 2.01. The fourth-order valence-electron chi connectivity index (χ4n) is 4.73. The number of likely N-dealkylation sites (tertiary alicyclic amines) is 2. The third-order valence-electron chi connectivity index (χ3n) is 6.86. The topological polar surface area (TPSA) is 70.2 Å². The number of likely N-dealkylation sites (N-methyl/N-ethyl adjacent to an activating group) is 1. The average molecular weight is 464 g/mol. The number of ether oxygens (including phenoxy) is 1. The Bertz CT molecular complexity index is 1200. The van der Waals surface area contributed by atoms with E-state index < -0.39 is 17.7 Å². The molecule has 0 saturated carbocycles. The van der Waals surface area contributed by atoms with E-state index in [1.165, 1.54) is 23.1 Å². The number of benzene rings is 2. The van der Waals surface area contributed by atoms with Crippen molar-refractivity contribution in [2.24, 2.45) is 5.92 Å². The highest BCUT2D eigenvalue weighted by Crippen LogP contribution is 2.32. The Kier molecular flexibility index (Phi) is 5.69. The summed E-state index contributed by atoms with van der Waals surface area (Å²) in [5, 5.41) is 0. The van der Waals surface area contributed by atoms with Crippen molar-refractivity contribution in [3.05, 3.63) is 70.5 Å². The van der Waals surface area contributed by atoms with Crippen LogP contribution in [0, 0.1) is 11.7 Å². The van der Waals surface area contributed by atoms with E-state index in [2.05, 4.69) is 4.90 Å². The highest BCUT2D eigenvalue weighted by atomic mass is 19.1. The lowest BCUT2D eigenvalue weighted by atomic mass is 9.96. The molecule has 2 amide bonds. The van der Waals surface area contributed by atoms with Gasteiger partial charge in [-0.15, -0.1) is 0 Å². The predicted octanol–water partition coefficient (Wildman–Crippen LogP) is 2.73. The molecular weight excluding hydrogens is 437 g/mol. The van der Waals surface area contributed by atoms with Gasteiger partial charge < -0.3 is 19.4 Å². The van der Waals surface area contributed by atoms with Crippen LogP contribution in [-0.4, -0.2) is 78.8 Å². The van der Waals surface area contributed by atoms with Crippen LogP contribution in [0.4, 0.5) is 4.39 Å². The Labute approximate surface area is 197 Å². The normalized spacial score (nSPS) is 21.1. The molecule has 0 bridgehead atoms. The zero-order chi connectivity index (χ0) is 24.0. The van der Waals surface area contributed by atoms with Crippen molar-refractivity contribution in [1.82, 2.24) is 14.7 Å². The van der Waals surface area contributed by atoms with Gasteiger partial charge in [0.2, 0.25) is 5.91 Å². The SMILES string of the molecule is CN(C)[C@H]1CCN(C(=O)C2CN(C(=O)c3cc(C=C4OC(=O)c5ccccc54)ccc3F)C2)C1. The summed E-state index contributed by atoms with van der Waals surface area (Å²) >= 11 is 0. The first-order chi connectivity index (χ1) is 16.3. The van der Waals surface area contributed by atoms with Crippen LogP contribution in [0.1, 0.15) is 38.3 Å². The second-order valence-corrected chi connectivity index (χ2v) is 9.28. The summed E-state index contributed by atoms with van der Waals surface area (Å²) in [5.74, 6) is -1.33.